The molecule has 0 heterocycles. The predicted molar refractivity (Wildman–Crippen MR) is 87.5 cm³/mol. The molecule has 0 aliphatic rings. The summed E-state index contributed by atoms with van der Waals surface area (Å²) in [5.74, 6) is 0.967. The van der Waals surface area contributed by atoms with Gasteiger partial charge in [-0.05, 0) is 55.0 Å². The molecule has 114 valence electrons. The molecule has 2 aromatic rings. The summed E-state index contributed by atoms with van der Waals surface area (Å²) in [5, 5.41) is 8.34. The van der Waals surface area contributed by atoms with Gasteiger partial charge in [0, 0.05) is 12.0 Å². The lowest BCUT2D eigenvalue weighted by Crippen LogP contribution is -1.94. The van der Waals surface area contributed by atoms with E-state index in [-0.39, 0.29) is 5.78 Å². The quantitative estimate of drug-likeness (QED) is 0.501. The van der Waals surface area contributed by atoms with Crippen LogP contribution in [-0.4, -0.2) is 12.4 Å². The minimum atomic E-state index is 0.131. The zero-order valence-electron chi connectivity index (χ0n) is 13.0. The molecule has 0 atom stereocenters. The second-order valence-electron chi connectivity index (χ2n) is 4.87. The molecule has 0 radical (unpaired) electrons. The number of ether oxygens (including phenoxy) is 1. The summed E-state index contributed by atoms with van der Waals surface area (Å²) in [5.41, 5.74) is 2.19. The Hall–Kier alpha value is -2.49. The fraction of sp³-hybridized carbons (Fsp3) is 0.278. The molecule has 0 aliphatic carbocycles. The van der Waals surface area contributed by atoms with Gasteiger partial charge in [-0.1, -0.05) is 13.8 Å². The monoisotopic (exact) mass is 296 g/mol. The predicted octanol–water partition coefficient (Wildman–Crippen LogP) is 5.48. The number of carbonyl (C=O) groups is 1. The van der Waals surface area contributed by atoms with Gasteiger partial charge < -0.3 is 4.74 Å². The Labute approximate surface area is 130 Å². The van der Waals surface area contributed by atoms with Crippen molar-refractivity contribution >= 4 is 17.2 Å². The molecule has 0 aromatic heterocycles. The third-order valence-electron chi connectivity index (χ3n) is 3.10. The second-order valence-corrected chi connectivity index (χ2v) is 4.87. The van der Waals surface area contributed by atoms with Gasteiger partial charge >= 0.3 is 0 Å². The average molecular weight is 296 g/mol. The zero-order chi connectivity index (χ0) is 15.8. The Morgan fingerprint density at radius 1 is 0.909 bits per heavy atom. The topological polar surface area (TPSA) is 51.0 Å². The van der Waals surface area contributed by atoms with Crippen LogP contribution >= 0.6 is 0 Å². The Balaban J connectivity index is 2.00. The van der Waals surface area contributed by atoms with Crippen LogP contribution in [0.3, 0.4) is 0 Å². The number of carbonyl (C=O) groups excluding carboxylic acids is 1. The molecule has 0 N–H and O–H groups in total. The number of ketones is 1. The zero-order valence-corrected chi connectivity index (χ0v) is 13.0. The fourth-order valence-electron chi connectivity index (χ4n) is 1.86. The van der Waals surface area contributed by atoms with Gasteiger partial charge in [-0.3, -0.25) is 4.79 Å². The molecule has 0 bridgehead atoms. The lowest BCUT2D eigenvalue weighted by atomic mass is 10.1. The molecule has 0 aliphatic heterocycles. The van der Waals surface area contributed by atoms with Gasteiger partial charge in [0.1, 0.15) is 5.75 Å². The standard InChI is InChI=1S/C18H20N2O2/c1-3-13-22-17-11-9-16(10-12-17)20-19-15-7-5-14(6-8-15)18(21)4-2/h5-12H,3-4,13H2,1-2H3. The summed E-state index contributed by atoms with van der Waals surface area (Å²) in [7, 11) is 0. The number of Topliss-reactive ketones (excluding diaryl/α,β-unsaturated/α-hetero) is 1. The number of rotatable bonds is 7. The molecular formula is C18H20N2O2. The summed E-state index contributed by atoms with van der Waals surface area (Å²) in [6.07, 6.45) is 1.49. The van der Waals surface area contributed by atoms with E-state index in [1.807, 2.05) is 31.2 Å². The lowest BCUT2D eigenvalue weighted by molar-refractivity contribution is 0.0988. The third kappa shape index (κ3) is 4.52. The fourth-order valence-corrected chi connectivity index (χ4v) is 1.86. The Morgan fingerprint density at radius 3 is 1.95 bits per heavy atom. The largest absolute Gasteiger partial charge is 0.494 e. The summed E-state index contributed by atoms with van der Waals surface area (Å²) in [4.78, 5) is 11.5. The van der Waals surface area contributed by atoms with E-state index in [2.05, 4.69) is 17.2 Å². The van der Waals surface area contributed by atoms with Crippen molar-refractivity contribution in [2.75, 3.05) is 6.61 Å². The van der Waals surface area contributed by atoms with E-state index in [4.69, 9.17) is 4.74 Å². The number of azo groups is 1. The van der Waals surface area contributed by atoms with Gasteiger partial charge in [-0.15, -0.1) is 0 Å². The number of benzene rings is 2. The highest BCUT2D eigenvalue weighted by Crippen LogP contribution is 2.21. The van der Waals surface area contributed by atoms with Crippen LogP contribution < -0.4 is 4.74 Å². The number of nitrogens with zero attached hydrogens (tertiary/aromatic N) is 2. The first-order chi connectivity index (χ1) is 10.7. The van der Waals surface area contributed by atoms with Crippen molar-refractivity contribution in [2.24, 2.45) is 10.2 Å². The second kappa shape index (κ2) is 8.08. The van der Waals surface area contributed by atoms with Crippen molar-refractivity contribution in [1.82, 2.24) is 0 Å². The molecule has 2 aromatic carbocycles. The maximum atomic E-state index is 11.5. The SMILES string of the molecule is CCCOc1ccc(N=Nc2ccc(C(=O)CC)cc2)cc1. The molecule has 0 unspecified atom stereocenters. The summed E-state index contributed by atoms with van der Waals surface area (Å²) >= 11 is 0. The van der Waals surface area contributed by atoms with Crippen molar-refractivity contribution < 1.29 is 9.53 Å². The Morgan fingerprint density at radius 2 is 1.45 bits per heavy atom. The van der Waals surface area contributed by atoms with E-state index in [1.54, 1.807) is 24.3 Å². The molecule has 4 heteroatoms. The van der Waals surface area contributed by atoms with Gasteiger partial charge in [0.2, 0.25) is 0 Å². The Kier molecular flexibility index (Phi) is 5.83. The Bertz CT molecular complexity index is 631. The highest BCUT2D eigenvalue weighted by atomic mass is 16.5. The normalized spacial score (nSPS) is 10.8. The third-order valence-corrected chi connectivity index (χ3v) is 3.10. The average Bonchev–Trinajstić information content (AvgIpc) is 2.58. The van der Waals surface area contributed by atoms with Gasteiger partial charge in [-0.25, -0.2) is 0 Å². The van der Waals surface area contributed by atoms with Crippen molar-refractivity contribution in [1.29, 1.82) is 0 Å². The first-order valence-corrected chi connectivity index (χ1v) is 7.50. The molecule has 22 heavy (non-hydrogen) atoms. The first-order valence-electron chi connectivity index (χ1n) is 7.50. The molecular weight excluding hydrogens is 276 g/mol. The van der Waals surface area contributed by atoms with Crippen LogP contribution in [0.4, 0.5) is 11.4 Å². The molecule has 4 nitrogen and oxygen atoms in total. The van der Waals surface area contributed by atoms with E-state index < -0.39 is 0 Å². The molecule has 2 rings (SSSR count). The summed E-state index contributed by atoms with van der Waals surface area (Å²) < 4.78 is 5.51. The van der Waals surface area contributed by atoms with E-state index in [0.29, 0.717) is 18.6 Å². The van der Waals surface area contributed by atoms with Gasteiger partial charge in [0.25, 0.3) is 0 Å². The molecule has 0 spiro atoms. The van der Waals surface area contributed by atoms with Crippen LogP contribution in [0.15, 0.2) is 58.8 Å². The van der Waals surface area contributed by atoms with E-state index in [1.165, 1.54) is 0 Å². The number of hydrogen-bond donors (Lipinski definition) is 0. The van der Waals surface area contributed by atoms with E-state index >= 15 is 0 Å². The minimum Gasteiger partial charge on any atom is -0.494 e. The summed E-state index contributed by atoms with van der Waals surface area (Å²) in [6.45, 7) is 4.63. The van der Waals surface area contributed by atoms with Gasteiger partial charge in [0.15, 0.2) is 5.78 Å². The van der Waals surface area contributed by atoms with Crippen molar-refractivity contribution in [3.8, 4) is 5.75 Å². The van der Waals surface area contributed by atoms with E-state index in [9.17, 15) is 4.79 Å². The molecule has 0 saturated carbocycles. The van der Waals surface area contributed by atoms with Crippen molar-refractivity contribution in [3.63, 3.8) is 0 Å². The maximum Gasteiger partial charge on any atom is 0.162 e. The van der Waals surface area contributed by atoms with Crippen LogP contribution in [0.1, 0.15) is 37.0 Å². The molecule has 0 fully saturated rings. The first kappa shape index (κ1) is 15.9. The van der Waals surface area contributed by atoms with E-state index in [0.717, 1.165) is 23.5 Å². The molecule has 0 saturated heterocycles. The molecule has 0 amide bonds. The van der Waals surface area contributed by atoms with Gasteiger partial charge in [-0.2, -0.15) is 10.2 Å². The van der Waals surface area contributed by atoms with Crippen LogP contribution in [0.2, 0.25) is 0 Å². The van der Waals surface area contributed by atoms with Crippen LogP contribution in [0.25, 0.3) is 0 Å². The van der Waals surface area contributed by atoms with Crippen molar-refractivity contribution in [3.05, 3.63) is 54.1 Å². The van der Waals surface area contributed by atoms with Crippen molar-refractivity contribution in [2.45, 2.75) is 26.7 Å². The minimum absolute atomic E-state index is 0.131. The van der Waals surface area contributed by atoms with Crippen LogP contribution in [0, 0.1) is 0 Å². The lowest BCUT2D eigenvalue weighted by Gasteiger charge is -2.03. The number of hydrogen-bond acceptors (Lipinski definition) is 4. The smallest absolute Gasteiger partial charge is 0.162 e. The highest BCUT2D eigenvalue weighted by Gasteiger charge is 2.01. The maximum absolute atomic E-state index is 11.5. The van der Waals surface area contributed by atoms with Crippen LogP contribution in [0.5, 0.6) is 5.75 Å². The summed E-state index contributed by atoms with van der Waals surface area (Å²) in [6, 6.07) is 14.6. The highest BCUT2D eigenvalue weighted by molar-refractivity contribution is 5.96. The van der Waals surface area contributed by atoms with Crippen LogP contribution in [-0.2, 0) is 0 Å². The van der Waals surface area contributed by atoms with Gasteiger partial charge in [0.05, 0.1) is 18.0 Å².